The molecular formula is C21H21BrN4O2S. The Morgan fingerprint density at radius 3 is 2.55 bits per heavy atom. The number of rotatable bonds is 4. The molecular weight excluding hydrogens is 452 g/mol. The molecule has 1 saturated carbocycles. The number of nitriles is 2. The summed E-state index contributed by atoms with van der Waals surface area (Å²) in [5.41, 5.74) is 0.364. The summed E-state index contributed by atoms with van der Waals surface area (Å²) < 4.78 is 0.915. The summed E-state index contributed by atoms with van der Waals surface area (Å²) >= 11 is 4.49. The first-order chi connectivity index (χ1) is 13.9. The number of allylic oxidation sites excluding steroid dienone is 1. The van der Waals surface area contributed by atoms with E-state index in [4.69, 9.17) is 0 Å². The molecule has 1 aromatic carbocycles. The van der Waals surface area contributed by atoms with Gasteiger partial charge in [0.15, 0.2) is 0 Å². The molecule has 0 radical (unpaired) electrons. The lowest BCUT2D eigenvalue weighted by atomic mass is 9.59. The fourth-order valence-electron chi connectivity index (χ4n) is 4.00. The van der Waals surface area contributed by atoms with Gasteiger partial charge in [0.2, 0.25) is 11.8 Å². The predicted molar refractivity (Wildman–Crippen MR) is 115 cm³/mol. The standard InChI is InChI=1S/C21H21BrN4O2S/c1-13-6-8-21(9-7-13)16(10-23)19(28)26-20(17(21)11-24)29-12-18(27)25-15-4-2-14(22)3-5-15/h2-5,13,16H,6-9,12H2,1H3,(H,25,27)(H,26,28)/t13?,16-,21?/m1/s1. The lowest BCUT2D eigenvalue weighted by molar-refractivity contribution is -0.127. The molecule has 0 saturated heterocycles. The Morgan fingerprint density at radius 1 is 1.31 bits per heavy atom. The molecule has 0 bridgehead atoms. The fourth-order valence-corrected chi connectivity index (χ4v) is 5.18. The number of hydrogen-bond acceptors (Lipinski definition) is 5. The van der Waals surface area contributed by atoms with E-state index in [1.165, 1.54) is 0 Å². The van der Waals surface area contributed by atoms with Gasteiger partial charge in [-0.15, -0.1) is 0 Å². The summed E-state index contributed by atoms with van der Waals surface area (Å²) in [6.45, 7) is 2.15. The van der Waals surface area contributed by atoms with Gasteiger partial charge in [0.05, 0.1) is 28.5 Å². The molecule has 6 nitrogen and oxygen atoms in total. The number of anilines is 1. The van der Waals surface area contributed by atoms with Crippen LogP contribution in [0.1, 0.15) is 32.6 Å². The van der Waals surface area contributed by atoms with Crippen molar-refractivity contribution in [2.45, 2.75) is 32.6 Å². The zero-order chi connectivity index (χ0) is 21.0. The summed E-state index contributed by atoms with van der Waals surface area (Å²) in [7, 11) is 0. The highest BCUT2D eigenvalue weighted by molar-refractivity contribution is 9.10. The van der Waals surface area contributed by atoms with Crippen LogP contribution in [-0.2, 0) is 9.59 Å². The zero-order valence-electron chi connectivity index (χ0n) is 16.0. The van der Waals surface area contributed by atoms with Crippen molar-refractivity contribution < 1.29 is 9.59 Å². The topological polar surface area (TPSA) is 106 Å². The highest BCUT2D eigenvalue weighted by atomic mass is 79.9. The van der Waals surface area contributed by atoms with E-state index < -0.39 is 11.3 Å². The molecule has 1 aromatic rings. The summed E-state index contributed by atoms with van der Waals surface area (Å²) in [4.78, 5) is 25.0. The molecule has 1 aliphatic heterocycles. The highest BCUT2D eigenvalue weighted by Gasteiger charge is 2.52. The number of hydrogen-bond donors (Lipinski definition) is 2. The van der Waals surface area contributed by atoms with Gasteiger partial charge in [0.25, 0.3) is 0 Å². The first-order valence-corrected chi connectivity index (χ1v) is 11.2. The van der Waals surface area contributed by atoms with Crippen molar-refractivity contribution in [3.8, 4) is 12.1 Å². The molecule has 29 heavy (non-hydrogen) atoms. The van der Waals surface area contributed by atoms with E-state index >= 15 is 0 Å². The SMILES string of the molecule is CC1CCC2(CC1)C(C#N)=C(SCC(=O)Nc1ccc(Br)cc1)NC(=O)[C@H]2C#N. The molecule has 3 rings (SSSR count). The summed E-state index contributed by atoms with van der Waals surface area (Å²) in [6, 6.07) is 11.6. The Morgan fingerprint density at radius 2 is 1.97 bits per heavy atom. The lowest BCUT2D eigenvalue weighted by Gasteiger charge is -2.44. The smallest absolute Gasteiger partial charge is 0.243 e. The van der Waals surface area contributed by atoms with Gasteiger partial charge in [-0.05, 0) is 55.9 Å². The Labute approximate surface area is 182 Å². The van der Waals surface area contributed by atoms with E-state index in [9.17, 15) is 20.1 Å². The molecule has 2 N–H and O–H groups in total. The Balaban J connectivity index is 1.79. The van der Waals surface area contributed by atoms with E-state index in [1.807, 2.05) is 12.1 Å². The Bertz CT molecular complexity index is 921. The van der Waals surface area contributed by atoms with Crippen LogP contribution in [0.15, 0.2) is 39.3 Å². The third-order valence-electron chi connectivity index (χ3n) is 5.66. The van der Waals surface area contributed by atoms with Crippen LogP contribution in [0, 0.1) is 39.9 Å². The van der Waals surface area contributed by atoms with E-state index in [2.05, 4.69) is 45.6 Å². The third kappa shape index (κ3) is 4.49. The maximum atomic E-state index is 12.6. The fraction of sp³-hybridized carbons (Fsp3) is 0.429. The van der Waals surface area contributed by atoms with Crippen molar-refractivity contribution in [2.75, 3.05) is 11.1 Å². The second-order valence-corrected chi connectivity index (χ2v) is 9.45. The van der Waals surface area contributed by atoms with Crippen molar-refractivity contribution in [1.82, 2.24) is 5.32 Å². The van der Waals surface area contributed by atoms with Crippen LogP contribution in [-0.4, -0.2) is 17.6 Å². The predicted octanol–water partition coefficient (Wildman–Crippen LogP) is 4.32. The van der Waals surface area contributed by atoms with Crippen molar-refractivity contribution >= 4 is 45.2 Å². The molecule has 8 heteroatoms. The molecule has 1 aliphatic carbocycles. The third-order valence-corrected chi connectivity index (χ3v) is 7.19. The zero-order valence-corrected chi connectivity index (χ0v) is 18.4. The van der Waals surface area contributed by atoms with Crippen molar-refractivity contribution in [2.24, 2.45) is 17.3 Å². The Kier molecular flexibility index (Phi) is 6.66. The molecule has 0 unspecified atom stereocenters. The van der Waals surface area contributed by atoms with Crippen LogP contribution in [0.3, 0.4) is 0 Å². The van der Waals surface area contributed by atoms with E-state index in [1.54, 1.807) is 12.1 Å². The van der Waals surface area contributed by atoms with Gasteiger partial charge < -0.3 is 10.6 Å². The molecule has 2 aliphatic rings. The maximum absolute atomic E-state index is 12.6. The van der Waals surface area contributed by atoms with E-state index in [-0.39, 0.29) is 17.6 Å². The summed E-state index contributed by atoms with van der Waals surface area (Å²) in [5.74, 6) is -0.911. The number of carbonyl (C=O) groups is 2. The number of halogens is 1. The van der Waals surface area contributed by atoms with Crippen molar-refractivity contribution in [3.63, 3.8) is 0 Å². The quantitative estimate of drug-likeness (QED) is 0.678. The minimum Gasteiger partial charge on any atom is -0.325 e. The van der Waals surface area contributed by atoms with Gasteiger partial charge in [-0.3, -0.25) is 9.59 Å². The molecule has 1 spiro atoms. The number of benzene rings is 1. The molecule has 1 atom stereocenters. The van der Waals surface area contributed by atoms with E-state index in [0.717, 1.165) is 29.1 Å². The van der Waals surface area contributed by atoms with Gasteiger partial charge in [-0.1, -0.05) is 34.6 Å². The normalized spacial score (nSPS) is 26.4. The number of carbonyl (C=O) groups excluding carboxylic acids is 2. The monoisotopic (exact) mass is 472 g/mol. The van der Waals surface area contributed by atoms with Crippen molar-refractivity contribution in [1.29, 1.82) is 10.5 Å². The van der Waals surface area contributed by atoms with Crippen molar-refractivity contribution in [3.05, 3.63) is 39.3 Å². The van der Waals surface area contributed by atoms with E-state index in [0.29, 0.717) is 35.0 Å². The molecule has 0 aromatic heterocycles. The van der Waals surface area contributed by atoms with Crippen LogP contribution in [0.4, 0.5) is 5.69 Å². The van der Waals surface area contributed by atoms with Crippen LogP contribution in [0.5, 0.6) is 0 Å². The number of amides is 2. The second-order valence-electron chi connectivity index (χ2n) is 7.55. The van der Waals surface area contributed by atoms with Gasteiger partial charge in [-0.25, -0.2) is 0 Å². The van der Waals surface area contributed by atoms with Crippen LogP contribution in [0.25, 0.3) is 0 Å². The van der Waals surface area contributed by atoms with Gasteiger partial charge in [0, 0.05) is 15.6 Å². The average molecular weight is 473 g/mol. The second kappa shape index (κ2) is 9.02. The first-order valence-electron chi connectivity index (χ1n) is 9.43. The van der Waals surface area contributed by atoms with Gasteiger partial charge in [0.1, 0.15) is 5.92 Å². The molecule has 150 valence electrons. The number of thioether (sulfide) groups is 1. The number of nitrogens with zero attached hydrogens (tertiary/aromatic N) is 2. The highest BCUT2D eigenvalue weighted by Crippen LogP contribution is 2.53. The molecule has 1 fully saturated rings. The largest absolute Gasteiger partial charge is 0.325 e. The Hall–Kier alpha value is -2.29. The summed E-state index contributed by atoms with van der Waals surface area (Å²) in [6.07, 6.45) is 3.02. The van der Waals surface area contributed by atoms with Crippen LogP contribution in [0.2, 0.25) is 0 Å². The van der Waals surface area contributed by atoms with Gasteiger partial charge in [-0.2, -0.15) is 10.5 Å². The minimum absolute atomic E-state index is 0.0561. The van der Waals surface area contributed by atoms with Crippen LogP contribution < -0.4 is 10.6 Å². The first kappa shape index (κ1) is 21.4. The lowest BCUT2D eigenvalue weighted by Crippen LogP contribution is -2.49. The number of nitrogens with one attached hydrogen (secondary N) is 2. The molecule has 2 amide bonds. The van der Waals surface area contributed by atoms with Crippen LogP contribution >= 0.6 is 27.7 Å². The summed E-state index contributed by atoms with van der Waals surface area (Å²) in [5, 5.41) is 25.4. The molecule has 1 heterocycles. The maximum Gasteiger partial charge on any atom is 0.243 e. The van der Waals surface area contributed by atoms with Gasteiger partial charge >= 0.3 is 0 Å². The minimum atomic E-state index is -0.870. The average Bonchev–Trinajstić information content (AvgIpc) is 2.70.